The van der Waals surface area contributed by atoms with E-state index in [0.717, 1.165) is 51.9 Å². The smallest absolute Gasteiger partial charge is 0.410 e. The van der Waals surface area contributed by atoms with Gasteiger partial charge in [0.25, 0.3) is 0 Å². The van der Waals surface area contributed by atoms with Crippen molar-refractivity contribution in [3.8, 4) is 0 Å². The van der Waals surface area contributed by atoms with Gasteiger partial charge in [-0.25, -0.2) is 4.79 Å². The Morgan fingerprint density at radius 2 is 1.92 bits per heavy atom. The average molecular weight is 341 g/mol. The lowest BCUT2D eigenvalue weighted by atomic mass is 9.93. The van der Waals surface area contributed by atoms with Crippen molar-refractivity contribution in [1.82, 2.24) is 10.2 Å². The van der Waals surface area contributed by atoms with Gasteiger partial charge in [0.15, 0.2) is 0 Å². The first-order valence-corrected chi connectivity index (χ1v) is 9.57. The Morgan fingerprint density at radius 3 is 2.58 bits per heavy atom. The van der Waals surface area contributed by atoms with Crippen LogP contribution in [0.3, 0.4) is 0 Å². The quantitative estimate of drug-likeness (QED) is 0.855. The van der Waals surface area contributed by atoms with Crippen molar-refractivity contribution < 1.29 is 14.3 Å². The molecule has 5 heteroatoms. The van der Waals surface area contributed by atoms with Crippen LogP contribution in [0.25, 0.3) is 0 Å². The van der Waals surface area contributed by atoms with Crippen LogP contribution in [-0.4, -0.2) is 55.0 Å². The van der Waals surface area contributed by atoms with Gasteiger partial charge >= 0.3 is 6.09 Å². The number of carbonyl (C=O) groups is 1. The molecule has 2 rings (SSSR count). The third kappa shape index (κ3) is 6.25. The van der Waals surface area contributed by atoms with Crippen LogP contribution in [0.2, 0.25) is 0 Å². The van der Waals surface area contributed by atoms with Crippen molar-refractivity contribution in [2.24, 2.45) is 11.8 Å². The Morgan fingerprint density at radius 1 is 1.21 bits per heavy atom. The van der Waals surface area contributed by atoms with Gasteiger partial charge in [0.1, 0.15) is 5.60 Å². The van der Waals surface area contributed by atoms with Gasteiger partial charge < -0.3 is 19.7 Å². The van der Waals surface area contributed by atoms with E-state index in [1.54, 1.807) is 0 Å². The number of carbonyl (C=O) groups excluding carboxylic acids is 1. The number of hydrogen-bond acceptors (Lipinski definition) is 4. The highest BCUT2D eigenvalue weighted by atomic mass is 16.6. The number of rotatable bonds is 3. The number of hydrogen-bond donors (Lipinski definition) is 1. The predicted octanol–water partition coefficient (Wildman–Crippen LogP) is 3.43. The monoisotopic (exact) mass is 340 g/mol. The fourth-order valence-electron chi connectivity index (χ4n) is 3.66. The van der Waals surface area contributed by atoms with Crippen LogP contribution in [-0.2, 0) is 9.47 Å². The summed E-state index contributed by atoms with van der Waals surface area (Å²) in [5.74, 6) is 1.29. The van der Waals surface area contributed by atoms with Gasteiger partial charge in [-0.2, -0.15) is 0 Å². The number of likely N-dealkylation sites (tertiary alicyclic amines) is 1. The minimum Gasteiger partial charge on any atom is -0.444 e. The highest BCUT2D eigenvalue weighted by Crippen LogP contribution is 2.22. The predicted molar refractivity (Wildman–Crippen MR) is 96.1 cm³/mol. The molecule has 4 unspecified atom stereocenters. The number of nitrogens with zero attached hydrogens (tertiary/aromatic N) is 1. The minimum atomic E-state index is -0.424. The van der Waals surface area contributed by atoms with Gasteiger partial charge in [-0.15, -0.1) is 0 Å². The first-order chi connectivity index (χ1) is 11.2. The summed E-state index contributed by atoms with van der Waals surface area (Å²) in [6, 6.07) is 0.482. The summed E-state index contributed by atoms with van der Waals surface area (Å²) in [5, 5.41) is 3.78. The van der Waals surface area contributed by atoms with E-state index in [1.165, 1.54) is 0 Å². The second-order valence-corrected chi connectivity index (χ2v) is 8.61. The van der Waals surface area contributed by atoms with E-state index in [2.05, 4.69) is 19.2 Å². The Kier molecular flexibility index (Phi) is 6.93. The standard InChI is InChI=1S/C19H36N2O3/c1-14-6-9-21(18(22)24-19(3,4)5)10-7-17(14)20-13-16-8-11-23-15(2)12-16/h14-17,20H,6-13H2,1-5H3. The largest absolute Gasteiger partial charge is 0.444 e. The van der Waals surface area contributed by atoms with Gasteiger partial charge in [0, 0.05) is 25.7 Å². The normalized spacial score (nSPS) is 32.3. The summed E-state index contributed by atoms with van der Waals surface area (Å²) < 4.78 is 11.2. The number of ether oxygens (including phenoxy) is 2. The molecule has 1 N–H and O–H groups in total. The summed E-state index contributed by atoms with van der Waals surface area (Å²) in [4.78, 5) is 14.2. The maximum absolute atomic E-state index is 12.3. The zero-order valence-corrected chi connectivity index (χ0v) is 16.1. The summed E-state index contributed by atoms with van der Waals surface area (Å²) in [5.41, 5.74) is -0.424. The molecule has 24 heavy (non-hydrogen) atoms. The van der Waals surface area contributed by atoms with Crippen LogP contribution < -0.4 is 5.32 Å². The summed E-state index contributed by atoms with van der Waals surface area (Å²) >= 11 is 0. The second kappa shape index (κ2) is 8.52. The third-order valence-corrected chi connectivity index (χ3v) is 5.17. The maximum atomic E-state index is 12.3. The lowest BCUT2D eigenvalue weighted by molar-refractivity contribution is 0.00198. The van der Waals surface area contributed by atoms with E-state index in [4.69, 9.17) is 9.47 Å². The molecule has 2 fully saturated rings. The molecule has 2 heterocycles. The van der Waals surface area contributed by atoms with Crippen molar-refractivity contribution in [2.75, 3.05) is 26.2 Å². The van der Waals surface area contributed by atoms with Crippen LogP contribution >= 0.6 is 0 Å². The van der Waals surface area contributed by atoms with Crippen LogP contribution in [0.15, 0.2) is 0 Å². The van der Waals surface area contributed by atoms with E-state index in [9.17, 15) is 4.79 Å². The van der Waals surface area contributed by atoms with E-state index < -0.39 is 5.60 Å². The lowest BCUT2D eigenvalue weighted by Crippen LogP contribution is -2.41. The van der Waals surface area contributed by atoms with Crippen molar-refractivity contribution in [1.29, 1.82) is 0 Å². The fourth-order valence-corrected chi connectivity index (χ4v) is 3.66. The van der Waals surface area contributed by atoms with E-state index in [0.29, 0.717) is 24.0 Å². The molecule has 0 radical (unpaired) electrons. The topological polar surface area (TPSA) is 50.8 Å². The number of nitrogens with one attached hydrogen (secondary N) is 1. The molecular weight excluding hydrogens is 304 g/mol. The van der Waals surface area contributed by atoms with E-state index >= 15 is 0 Å². The molecule has 1 amide bonds. The van der Waals surface area contributed by atoms with Gasteiger partial charge in [-0.05, 0) is 71.8 Å². The molecule has 2 saturated heterocycles. The first kappa shape index (κ1) is 19.5. The van der Waals surface area contributed by atoms with Gasteiger partial charge in [-0.3, -0.25) is 0 Å². The molecule has 0 saturated carbocycles. The van der Waals surface area contributed by atoms with Crippen molar-refractivity contribution in [3.63, 3.8) is 0 Å². The fraction of sp³-hybridized carbons (Fsp3) is 0.947. The molecule has 4 atom stereocenters. The highest BCUT2D eigenvalue weighted by molar-refractivity contribution is 5.68. The van der Waals surface area contributed by atoms with Crippen molar-refractivity contribution in [3.05, 3.63) is 0 Å². The highest BCUT2D eigenvalue weighted by Gasteiger charge is 2.29. The molecule has 2 aliphatic rings. The molecule has 5 nitrogen and oxygen atoms in total. The maximum Gasteiger partial charge on any atom is 0.410 e. The van der Waals surface area contributed by atoms with Crippen LogP contribution in [0, 0.1) is 11.8 Å². The molecule has 140 valence electrons. The van der Waals surface area contributed by atoms with E-state index in [-0.39, 0.29) is 6.09 Å². The van der Waals surface area contributed by atoms with E-state index in [1.807, 2.05) is 25.7 Å². The zero-order chi connectivity index (χ0) is 17.7. The summed E-state index contributed by atoms with van der Waals surface area (Å²) in [7, 11) is 0. The average Bonchev–Trinajstić information content (AvgIpc) is 2.65. The molecular formula is C19H36N2O3. The van der Waals surface area contributed by atoms with Gasteiger partial charge in [0.05, 0.1) is 6.10 Å². The minimum absolute atomic E-state index is 0.173. The third-order valence-electron chi connectivity index (χ3n) is 5.17. The molecule has 0 aromatic carbocycles. The Hall–Kier alpha value is -0.810. The zero-order valence-electron chi connectivity index (χ0n) is 16.1. The molecule has 0 spiro atoms. The number of amides is 1. The van der Waals surface area contributed by atoms with Crippen LogP contribution in [0.4, 0.5) is 4.79 Å². The molecule has 0 aromatic heterocycles. The first-order valence-electron chi connectivity index (χ1n) is 9.57. The van der Waals surface area contributed by atoms with Gasteiger partial charge in [-0.1, -0.05) is 6.92 Å². The summed E-state index contributed by atoms with van der Waals surface area (Å²) in [6.07, 6.45) is 4.55. The Labute approximate surface area is 147 Å². The molecule has 0 bridgehead atoms. The van der Waals surface area contributed by atoms with Gasteiger partial charge in [0.2, 0.25) is 0 Å². The molecule has 2 aliphatic heterocycles. The molecule has 0 aliphatic carbocycles. The van der Waals surface area contributed by atoms with Crippen LogP contribution in [0.1, 0.15) is 60.3 Å². The molecule has 0 aromatic rings. The van der Waals surface area contributed by atoms with Crippen LogP contribution in [0.5, 0.6) is 0 Å². The second-order valence-electron chi connectivity index (χ2n) is 8.61. The Bertz CT molecular complexity index is 408. The SMILES string of the molecule is CC1CC(CNC2CCN(C(=O)OC(C)(C)C)CCC2C)CCO1. The lowest BCUT2D eigenvalue weighted by Gasteiger charge is -2.30. The van der Waals surface area contributed by atoms with Crippen molar-refractivity contribution >= 4 is 6.09 Å². The summed E-state index contributed by atoms with van der Waals surface area (Å²) in [6.45, 7) is 13.8. The van der Waals surface area contributed by atoms with Crippen molar-refractivity contribution in [2.45, 2.75) is 78.0 Å². The Balaban J connectivity index is 1.80.